The number of rotatable bonds is 6. The Balaban J connectivity index is 1.80. The standard InChI is InChI=1S/C19H35N5O/c1-6-20-18(21-10-7-15-8-11-24(5)12-9-15)23-14-17-22-13-16(25-17)19(2,3)4/h13,15H,6-12,14H2,1-5H3,(H2,20,21,23). The molecule has 0 atom stereocenters. The van der Waals surface area contributed by atoms with Gasteiger partial charge in [0.05, 0.1) is 6.20 Å². The van der Waals surface area contributed by atoms with Crippen molar-refractivity contribution in [2.45, 2.75) is 58.9 Å². The minimum Gasteiger partial charge on any atom is -0.443 e. The molecule has 1 aliphatic rings. The summed E-state index contributed by atoms with van der Waals surface area (Å²) < 4.78 is 5.81. The predicted octanol–water partition coefficient (Wildman–Crippen LogP) is 2.76. The van der Waals surface area contributed by atoms with Crippen molar-refractivity contribution < 1.29 is 4.42 Å². The SMILES string of the molecule is CCNC(=NCc1ncc(C(C)(C)C)o1)NCCC1CCN(C)CC1. The topological polar surface area (TPSA) is 65.7 Å². The van der Waals surface area contributed by atoms with Crippen LogP contribution in [-0.2, 0) is 12.0 Å². The molecule has 1 fully saturated rings. The van der Waals surface area contributed by atoms with E-state index in [4.69, 9.17) is 4.42 Å². The van der Waals surface area contributed by atoms with Crippen molar-refractivity contribution in [2.24, 2.45) is 10.9 Å². The molecule has 0 saturated carbocycles. The van der Waals surface area contributed by atoms with Gasteiger partial charge < -0.3 is 20.0 Å². The van der Waals surface area contributed by atoms with Gasteiger partial charge in [-0.15, -0.1) is 0 Å². The van der Waals surface area contributed by atoms with Crippen LogP contribution in [0.15, 0.2) is 15.6 Å². The van der Waals surface area contributed by atoms with Gasteiger partial charge in [0.2, 0.25) is 5.89 Å². The van der Waals surface area contributed by atoms with Gasteiger partial charge in [-0.1, -0.05) is 20.8 Å². The number of nitrogens with one attached hydrogen (secondary N) is 2. The molecule has 25 heavy (non-hydrogen) atoms. The molecule has 1 aromatic heterocycles. The minimum absolute atomic E-state index is 0.0220. The second kappa shape index (κ2) is 9.22. The van der Waals surface area contributed by atoms with Crippen LogP contribution in [0.25, 0.3) is 0 Å². The highest BCUT2D eigenvalue weighted by molar-refractivity contribution is 5.79. The lowest BCUT2D eigenvalue weighted by molar-refractivity contribution is 0.213. The summed E-state index contributed by atoms with van der Waals surface area (Å²) in [6, 6.07) is 0. The molecule has 2 rings (SSSR count). The Bertz CT molecular complexity index is 538. The van der Waals surface area contributed by atoms with Crippen LogP contribution in [0, 0.1) is 5.92 Å². The first-order chi connectivity index (χ1) is 11.9. The fraction of sp³-hybridized carbons (Fsp3) is 0.789. The van der Waals surface area contributed by atoms with E-state index in [0.717, 1.165) is 30.7 Å². The highest BCUT2D eigenvalue weighted by atomic mass is 16.4. The van der Waals surface area contributed by atoms with Gasteiger partial charge in [0, 0.05) is 18.5 Å². The van der Waals surface area contributed by atoms with Gasteiger partial charge in [0.25, 0.3) is 0 Å². The number of nitrogens with zero attached hydrogens (tertiary/aromatic N) is 3. The summed E-state index contributed by atoms with van der Waals surface area (Å²) in [4.78, 5) is 11.4. The van der Waals surface area contributed by atoms with Crippen LogP contribution in [-0.4, -0.2) is 49.1 Å². The molecule has 1 aromatic rings. The maximum atomic E-state index is 5.81. The molecule has 0 radical (unpaired) electrons. The molecule has 6 heteroatoms. The minimum atomic E-state index is -0.0220. The second-order valence-electron chi connectivity index (χ2n) is 8.03. The van der Waals surface area contributed by atoms with E-state index in [1.165, 1.54) is 32.4 Å². The summed E-state index contributed by atoms with van der Waals surface area (Å²) in [5, 5.41) is 6.74. The Morgan fingerprint density at radius 3 is 2.64 bits per heavy atom. The molecule has 0 amide bonds. The summed E-state index contributed by atoms with van der Waals surface area (Å²) in [7, 11) is 2.21. The van der Waals surface area contributed by atoms with E-state index < -0.39 is 0 Å². The third-order valence-corrected chi connectivity index (χ3v) is 4.69. The summed E-state index contributed by atoms with van der Waals surface area (Å²) in [6.45, 7) is 13.1. The molecule has 1 saturated heterocycles. The van der Waals surface area contributed by atoms with Crippen molar-refractivity contribution in [3.8, 4) is 0 Å². The molecular weight excluding hydrogens is 314 g/mol. The number of hydrogen-bond donors (Lipinski definition) is 2. The van der Waals surface area contributed by atoms with E-state index in [0.29, 0.717) is 12.4 Å². The summed E-state index contributed by atoms with van der Waals surface area (Å²) in [5.74, 6) is 3.23. The molecular formula is C19H35N5O. The summed E-state index contributed by atoms with van der Waals surface area (Å²) >= 11 is 0. The van der Waals surface area contributed by atoms with Crippen LogP contribution >= 0.6 is 0 Å². The third kappa shape index (κ3) is 6.69. The maximum Gasteiger partial charge on any atom is 0.216 e. The molecule has 0 bridgehead atoms. The van der Waals surface area contributed by atoms with Crippen molar-refractivity contribution in [1.82, 2.24) is 20.5 Å². The average molecular weight is 350 g/mol. The third-order valence-electron chi connectivity index (χ3n) is 4.69. The van der Waals surface area contributed by atoms with Crippen molar-refractivity contribution in [1.29, 1.82) is 0 Å². The van der Waals surface area contributed by atoms with E-state index >= 15 is 0 Å². The van der Waals surface area contributed by atoms with E-state index in [9.17, 15) is 0 Å². The van der Waals surface area contributed by atoms with Gasteiger partial charge in [-0.2, -0.15) is 0 Å². The number of guanidine groups is 1. The van der Waals surface area contributed by atoms with Crippen LogP contribution in [0.4, 0.5) is 0 Å². The van der Waals surface area contributed by atoms with E-state index in [-0.39, 0.29) is 5.41 Å². The first kappa shape index (κ1) is 19.8. The van der Waals surface area contributed by atoms with Crippen LogP contribution in [0.3, 0.4) is 0 Å². The van der Waals surface area contributed by atoms with Crippen molar-refractivity contribution in [3.63, 3.8) is 0 Å². The zero-order valence-corrected chi connectivity index (χ0v) is 16.6. The van der Waals surface area contributed by atoms with E-state index in [1.807, 2.05) is 6.20 Å². The number of piperidine rings is 1. The van der Waals surface area contributed by atoms with Gasteiger partial charge in [-0.3, -0.25) is 0 Å². The fourth-order valence-corrected chi connectivity index (χ4v) is 2.96. The molecule has 142 valence electrons. The first-order valence-corrected chi connectivity index (χ1v) is 9.54. The Kier molecular flexibility index (Phi) is 7.29. The Hall–Kier alpha value is -1.56. The van der Waals surface area contributed by atoms with Crippen LogP contribution < -0.4 is 10.6 Å². The van der Waals surface area contributed by atoms with Gasteiger partial charge in [-0.25, -0.2) is 9.98 Å². The van der Waals surface area contributed by atoms with Crippen molar-refractivity contribution >= 4 is 5.96 Å². The first-order valence-electron chi connectivity index (χ1n) is 9.54. The quantitative estimate of drug-likeness (QED) is 0.611. The van der Waals surface area contributed by atoms with Crippen molar-refractivity contribution in [2.75, 3.05) is 33.2 Å². The molecule has 0 aromatic carbocycles. The normalized spacial score (nSPS) is 17.7. The highest BCUT2D eigenvalue weighted by Crippen LogP contribution is 2.22. The molecule has 1 aliphatic heterocycles. The predicted molar refractivity (Wildman–Crippen MR) is 103 cm³/mol. The Morgan fingerprint density at radius 2 is 2.04 bits per heavy atom. The summed E-state index contributed by atoms with van der Waals surface area (Å²) in [5.41, 5.74) is -0.0220. The smallest absolute Gasteiger partial charge is 0.216 e. The lowest BCUT2D eigenvalue weighted by atomic mass is 9.94. The number of aliphatic imine (C=N–C) groups is 1. The monoisotopic (exact) mass is 349 g/mol. The fourth-order valence-electron chi connectivity index (χ4n) is 2.96. The van der Waals surface area contributed by atoms with Crippen LogP contribution in [0.5, 0.6) is 0 Å². The molecule has 0 unspecified atom stereocenters. The molecule has 2 heterocycles. The van der Waals surface area contributed by atoms with Gasteiger partial charge in [0.15, 0.2) is 5.96 Å². The highest BCUT2D eigenvalue weighted by Gasteiger charge is 2.19. The largest absolute Gasteiger partial charge is 0.443 e. The van der Waals surface area contributed by atoms with Gasteiger partial charge in [-0.05, 0) is 52.2 Å². The van der Waals surface area contributed by atoms with Gasteiger partial charge in [0.1, 0.15) is 12.3 Å². The molecule has 6 nitrogen and oxygen atoms in total. The van der Waals surface area contributed by atoms with Crippen molar-refractivity contribution in [3.05, 3.63) is 17.8 Å². The number of aromatic nitrogens is 1. The lowest BCUT2D eigenvalue weighted by Crippen LogP contribution is -2.39. The molecule has 2 N–H and O–H groups in total. The van der Waals surface area contributed by atoms with Crippen LogP contribution in [0.1, 0.15) is 58.6 Å². The zero-order chi connectivity index (χ0) is 18.3. The van der Waals surface area contributed by atoms with E-state index in [2.05, 4.69) is 60.3 Å². The van der Waals surface area contributed by atoms with Crippen LogP contribution in [0.2, 0.25) is 0 Å². The number of hydrogen-bond acceptors (Lipinski definition) is 4. The second-order valence-corrected chi connectivity index (χ2v) is 8.03. The zero-order valence-electron chi connectivity index (χ0n) is 16.6. The Morgan fingerprint density at radius 1 is 1.32 bits per heavy atom. The Labute approximate surface area is 152 Å². The maximum absolute atomic E-state index is 5.81. The lowest BCUT2D eigenvalue weighted by Gasteiger charge is -2.29. The average Bonchev–Trinajstić information content (AvgIpc) is 3.04. The molecule has 0 spiro atoms. The number of oxazole rings is 1. The van der Waals surface area contributed by atoms with Gasteiger partial charge >= 0.3 is 0 Å². The summed E-state index contributed by atoms with van der Waals surface area (Å²) in [6.07, 6.45) is 5.62. The van der Waals surface area contributed by atoms with E-state index in [1.54, 1.807) is 0 Å². The molecule has 0 aliphatic carbocycles. The number of likely N-dealkylation sites (tertiary alicyclic amines) is 1.